The van der Waals surface area contributed by atoms with E-state index in [1.54, 1.807) is 6.07 Å². The fourth-order valence-electron chi connectivity index (χ4n) is 4.35. The van der Waals surface area contributed by atoms with Crippen molar-refractivity contribution in [2.45, 2.75) is 0 Å². The van der Waals surface area contributed by atoms with Crippen LogP contribution in [0.25, 0.3) is 10.8 Å². The van der Waals surface area contributed by atoms with E-state index in [2.05, 4.69) is 57.0 Å². The number of piperazine rings is 1. The van der Waals surface area contributed by atoms with Gasteiger partial charge in [-0.2, -0.15) is 4.98 Å². The molecule has 2 heterocycles. The van der Waals surface area contributed by atoms with E-state index in [0.717, 1.165) is 47.1 Å². The van der Waals surface area contributed by atoms with Gasteiger partial charge in [-0.1, -0.05) is 48.5 Å². The molecule has 1 aromatic heterocycles. The van der Waals surface area contributed by atoms with Crippen LogP contribution in [0, 0.1) is 0 Å². The number of benzene rings is 3. The molecule has 0 spiro atoms. The second-order valence-electron chi connectivity index (χ2n) is 9.70. The molecular formula is C29H31ClN7O2+. The number of fused-ring (bicyclic) bond motifs is 1. The van der Waals surface area contributed by atoms with Gasteiger partial charge in [0.15, 0.2) is 5.82 Å². The lowest BCUT2D eigenvalue weighted by molar-refractivity contribution is -0.925. The Morgan fingerprint density at radius 2 is 1.82 bits per heavy atom. The fourth-order valence-corrected chi connectivity index (χ4v) is 4.49. The Labute approximate surface area is 232 Å². The number of nitrogens with one attached hydrogen (secondary N) is 4. The van der Waals surface area contributed by atoms with Crippen LogP contribution >= 0.6 is 11.6 Å². The number of carbonyl (C=O) groups is 1. The summed E-state index contributed by atoms with van der Waals surface area (Å²) in [5.74, 6) is 1.06. The van der Waals surface area contributed by atoms with E-state index in [0.29, 0.717) is 40.6 Å². The molecule has 3 aromatic carbocycles. The summed E-state index contributed by atoms with van der Waals surface area (Å²) in [5.41, 5.74) is 2.05. The molecule has 1 saturated heterocycles. The summed E-state index contributed by atoms with van der Waals surface area (Å²) >= 11 is 6.40. The Morgan fingerprint density at radius 3 is 2.62 bits per heavy atom. The van der Waals surface area contributed by atoms with E-state index in [1.807, 2.05) is 42.5 Å². The van der Waals surface area contributed by atoms with Crippen molar-refractivity contribution in [3.63, 3.8) is 0 Å². The number of rotatable bonds is 9. The van der Waals surface area contributed by atoms with Crippen molar-refractivity contribution in [2.24, 2.45) is 0 Å². The van der Waals surface area contributed by atoms with Gasteiger partial charge in [-0.25, -0.2) is 4.98 Å². The highest BCUT2D eigenvalue weighted by Crippen LogP contribution is 2.31. The van der Waals surface area contributed by atoms with E-state index >= 15 is 0 Å². The van der Waals surface area contributed by atoms with Crippen LogP contribution in [0.1, 0.15) is 0 Å². The highest BCUT2D eigenvalue weighted by atomic mass is 35.5. The maximum absolute atomic E-state index is 12.1. The van der Waals surface area contributed by atoms with E-state index in [4.69, 9.17) is 16.3 Å². The third-order valence-electron chi connectivity index (χ3n) is 6.62. The van der Waals surface area contributed by atoms with Gasteiger partial charge in [-0.15, -0.1) is 0 Å². The minimum Gasteiger partial charge on any atom is -0.443 e. The number of quaternary nitrogens is 1. The number of aromatic nitrogens is 2. The van der Waals surface area contributed by atoms with Crippen LogP contribution in [-0.4, -0.2) is 60.3 Å². The molecule has 4 N–H and O–H groups in total. The van der Waals surface area contributed by atoms with Gasteiger partial charge in [-0.05, 0) is 47.2 Å². The quantitative estimate of drug-likeness (QED) is 0.168. The number of nitrogens with zero attached hydrogens (tertiary/aromatic N) is 3. The minimum absolute atomic E-state index is 0.329. The predicted octanol–water partition coefficient (Wildman–Crippen LogP) is 5.28. The van der Waals surface area contributed by atoms with Crippen molar-refractivity contribution in [3.8, 4) is 5.75 Å². The Hall–Kier alpha value is -4.18. The van der Waals surface area contributed by atoms with Gasteiger partial charge in [0.2, 0.25) is 18.6 Å². The number of hydrogen-bond donors (Lipinski definition) is 4. The second-order valence-corrected chi connectivity index (χ2v) is 10.1. The molecule has 0 radical (unpaired) electrons. The van der Waals surface area contributed by atoms with Gasteiger partial charge in [0.05, 0.1) is 32.0 Å². The van der Waals surface area contributed by atoms with Crippen molar-refractivity contribution in [2.75, 3.05) is 55.9 Å². The van der Waals surface area contributed by atoms with Gasteiger partial charge in [0.1, 0.15) is 10.8 Å². The molecule has 0 bridgehead atoms. The molecule has 9 nitrogen and oxygen atoms in total. The van der Waals surface area contributed by atoms with Crippen LogP contribution in [0.3, 0.4) is 0 Å². The first-order valence-electron chi connectivity index (χ1n) is 12.7. The molecule has 4 aromatic rings. The average Bonchev–Trinajstić information content (AvgIpc) is 2.94. The van der Waals surface area contributed by atoms with E-state index in [1.165, 1.54) is 12.3 Å². The zero-order chi connectivity index (χ0) is 27.2. The lowest BCUT2D eigenvalue weighted by atomic mass is 10.1. The van der Waals surface area contributed by atoms with Gasteiger partial charge >= 0.3 is 0 Å². The summed E-state index contributed by atoms with van der Waals surface area (Å²) in [6, 6.07) is 19.6. The predicted molar refractivity (Wildman–Crippen MR) is 157 cm³/mol. The SMILES string of the molecule is C=CC(=O)Nc1cc(Nc2ncc(Cl)c(Nc3ccc4ccccc4c3)n2)ccc1OC[N+]1(C)CCNCC1. The molecule has 10 heteroatoms. The van der Waals surface area contributed by atoms with Crippen LogP contribution in [0.5, 0.6) is 5.75 Å². The Balaban J connectivity index is 1.34. The summed E-state index contributed by atoms with van der Waals surface area (Å²) < 4.78 is 6.96. The van der Waals surface area contributed by atoms with Gasteiger partial charge in [0.25, 0.3) is 0 Å². The molecule has 0 aliphatic carbocycles. The van der Waals surface area contributed by atoms with E-state index < -0.39 is 0 Å². The number of hydrogen-bond acceptors (Lipinski definition) is 7. The average molecular weight is 545 g/mol. The standard InChI is InChI=1S/C29H30ClN7O2/c1-3-27(38)35-25-17-23(10-11-26(25)39-19-37(2)14-12-31-13-15-37)34-29-32-18-24(30)28(36-29)33-22-9-8-20-6-4-5-7-21(20)16-22/h3-11,16-18,31H,1,12-15,19H2,2H3,(H2-,32,33,34,35,36,38)/p+1. The molecule has 1 amide bonds. The Kier molecular flexibility index (Phi) is 7.92. The van der Waals surface area contributed by atoms with Crippen LogP contribution in [-0.2, 0) is 4.79 Å². The summed E-state index contributed by atoms with van der Waals surface area (Å²) in [7, 11) is 2.17. The van der Waals surface area contributed by atoms with Crippen molar-refractivity contribution in [3.05, 3.63) is 84.5 Å². The summed E-state index contributed by atoms with van der Waals surface area (Å²) in [4.78, 5) is 21.0. The molecule has 0 atom stereocenters. The first kappa shape index (κ1) is 26.4. The molecular weight excluding hydrogens is 514 g/mol. The fraction of sp³-hybridized carbons (Fsp3) is 0.207. The van der Waals surface area contributed by atoms with Gasteiger partial charge < -0.3 is 26.0 Å². The van der Waals surface area contributed by atoms with E-state index in [9.17, 15) is 4.79 Å². The smallest absolute Gasteiger partial charge is 0.247 e. The number of anilines is 5. The topological polar surface area (TPSA) is 100 Å². The highest BCUT2D eigenvalue weighted by molar-refractivity contribution is 6.32. The molecule has 39 heavy (non-hydrogen) atoms. The lowest BCUT2D eigenvalue weighted by Crippen LogP contribution is -2.57. The van der Waals surface area contributed by atoms with Crippen molar-refractivity contribution in [1.29, 1.82) is 0 Å². The number of likely N-dealkylation sites (N-methyl/N-ethyl adjacent to an activating group) is 1. The Bertz CT molecular complexity index is 1500. The van der Waals surface area contributed by atoms with Crippen LogP contribution in [0.15, 0.2) is 79.5 Å². The first-order valence-corrected chi connectivity index (χ1v) is 13.1. The van der Waals surface area contributed by atoms with Crippen molar-refractivity contribution in [1.82, 2.24) is 15.3 Å². The molecule has 1 aliphatic rings. The molecule has 200 valence electrons. The van der Waals surface area contributed by atoms with Crippen LogP contribution in [0.4, 0.5) is 28.8 Å². The van der Waals surface area contributed by atoms with Gasteiger partial charge in [0, 0.05) is 24.5 Å². The summed E-state index contributed by atoms with van der Waals surface area (Å²) in [6.07, 6.45) is 2.76. The summed E-state index contributed by atoms with van der Waals surface area (Å²) in [6.45, 7) is 7.89. The highest BCUT2D eigenvalue weighted by Gasteiger charge is 2.25. The maximum Gasteiger partial charge on any atom is 0.247 e. The normalized spacial score (nSPS) is 14.4. The number of ether oxygens (including phenoxy) is 1. The third-order valence-corrected chi connectivity index (χ3v) is 6.90. The first-order chi connectivity index (χ1) is 18.9. The minimum atomic E-state index is -0.329. The van der Waals surface area contributed by atoms with Crippen LogP contribution < -0.4 is 26.0 Å². The zero-order valence-corrected chi connectivity index (χ0v) is 22.5. The summed E-state index contributed by atoms with van der Waals surface area (Å²) in [5, 5.41) is 15.3. The largest absolute Gasteiger partial charge is 0.443 e. The van der Waals surface area contributed by atoms with Crippen molar-refractivity contribution < 1.29 is 14.0 Å². The van der Waals surface area contributed by atoms with E-state index in [-0.39, 0.29) is 5.91 Å². The number of amides is 1. The number of halogens is 1. The van der Waals surface area contributed by atoms with Crippen LogP contribution in [0.2, 0.25) is 5.02 Å². The Morgan fingerprint density at radius 1 is 1.08 bits per heavy atom. The monoisotopic (exact) mass is 544 g/mol. The number of carbonyl (C=O) groups excluding carboxylic acids is 1. The maximum atomic E-state index is 12.1. The third kappa shape index (κ3) is 6.64. The van der Waals surface area contributed by atoms with Gasteiger partial charge in [-0.3, -0.25) is 9.28 Å². The zero-order valence-electron chi connectivity index (χ0n) is 21.7. The molecule has 1 aliphatic heterocycles. The molecule has 5 rings (SSSR count). The lowest BCUT2D eigenvalue weighted by Gasteiger charge is -2.37. The molecule has 0 unspecified atom stereocenters. The van der Waals surface area contributed by atoms with Crippen molar-refractivity contribution >= 4 is 57.1 Å². The molecule has 0 saturated carbocycles. The second kappa shape index (κ2) is 11.7. The molecule has 1 fully saturated rings.